The zero-order valence-electron chi connectivity index (χ0n) is 10.9. The largest absolute Gasteiger partial charge is 0.383 e. The lowest BCUT2D eigenvalue weighted by Crippen LogP contribution is -2.06. The molecule has 0 aliphatic heterocycles. The molecule has 3 N–H and O–H groups in total. The van der Waals surface area contributed by atoms with E-state index in [0.717, 1.165) is 17.7 Å². The quantitative estimate of drug-likeness (QED) is 0.877. The molecule has 2 rings (SSSR count). The van der Waals surface area contributed by atoms with Crippen LogP contribution >= 0.6 is 0 Å². The standard InChI is InChI=1S/C14H15N5/c1-3-12-18-13(16)9(2)14(19-12)17-11-6-4-10(8-15)5-7-11/h4-7H,3H2,1-2H3,(H3,16,17,18,19). The molecular formula is C14H15N5. The lowest BCUT2D eigenvalue weighted by atomic mass is 10.2. The highest BCUT2D eigenvalue weighted by Gasteiger charge is 2.08. The molecule has 1 heterocycles. The molecule has 96 valence electrons. The van der Waals surface area contributed by atoms with Gasteiger partial charge in [0.1, 0.15) is 17.5 Å². The maximum atomic E-state index is 8.76. The first-order valence-corrected chi connectivity index (χ1v) is 6.04. The van der Waals surface area contributed by atoms with E-state index >= 15 is 0 Å². The molecule has 0 spiro atoms. The van der Waals surface area contributed by atoms with Gasteiger partial charge in [-0.25, -0.2) is 9.97 Å². The summed E-state index contributed by atoms with van der Waals surface area (Å²) in [5.41, 5.74) is 8.17. The summed E-state index contributed by atoms with van der Waals surface area (Å²) < 4.78 is 0. The molecule has 5 heteroatoms. The molecule has 5 nitrogen and oxygen atoms in total. The van der Waals surface area contributed by atoms with E-state index in [0.29, 0.717) is 23.0 Å². The predicted octanol–water partition coefficient (Wildman–Crippen LogP) is 2.54. The average molecular weight is 253 g/mol. The second-order valence-corrected chi connectivity index (χ2v) is 4.17. The van der Waals surface area contributed by atoms with Crippen molar-refractivity contribution < 1.29 is 0 Å². The zero-order chi connectivity index (χ0) is 13.8. The Morgan fingerprint density at radius 1 is 1.26 bits per heavy atom. The number of nitrogens with one attached hydrogen (secondary N) is 1. The van der Waals surface area contributed by atoms with Gasteiger partial charge in [0.15, 0.2) is 0 Å². The molecule has 19 heavy (non-hydrogen) atoms. The van der Waals surface area contributed by atoms with Gasteiger partial charge >= 0.3 is 0 Å². The van der Waals surface area contributed by atoms with Crippen LogP contribution in [0, 0.1) is 18.3 Å². The van der Waals surface area contributed by atoms with Crippen LogP contribution in [0.5, 0.6) is 0 Å². The number of hydrogen-bond acceptors (Lipinski definition) is 5. The van der Waals surface area contributed by atoms with Crippen molar-refractivity contribution in [2.75, 3.05) is 11.1 Å². The molecule has 0 saturated carbocycles. The van der Waals surface area contributed by atoms with Gasteiger partial charge in [0, 0.05) is 17.7 Å². The van der Waals surface area contributed by atoms with Gasteiger partial charge in [-0.2, -0.15) is 5.26 Å². The molecule has 0 radical (unpaired) electrons. The van der Waals surface area contributed by atoms with Crippen molar-refractivity contribution in [3.05, 3.63) is 41.2 Å². The van der Waals surface area contributed by atoms with Crippen molar-refractivity contribution in [1.29, 1.82) is 5.26 Å². The highest BCUT2D eigenvalue weighted by Crippen LogP contribution is 2.22. The van der Waals surface area contributed by atoms with Crippen LogP contribution in [0.25, 0.3) is 0 Å². The Balaban J connectivity index is 2.32. The maximum Gasteiger partial charge on any atom is 0.139 e. The van der Waals surface area contributed by atoms with Crippen LogP contribution < -0.4 is 11.1 Å². The van der Waals surface area contributed by atoms with Gasteiger partial charge in [-0.15, -0.1) is 0 Å². The third-order valence-corrected chi connectivity index (χ3v) is 2.82. The molecule has 0 aliphatic rings. The van der Waals surface area contributed by atoms with Gasteiger partial charge in [-0.3, -0.25) is 0 Å². The van der Waals surface area contributed by atoms with Crippen molar-refractivity contribution in [1.82, 2.24) is 9.97 Å². The highest BCUT2D eigenvalue weighted by atomic mass is 15.1. The fourth-order valence-corrected chi connectivity index (χ4v) is 1.63. The van der Waals surface area contributed by atoms with Gasteiger partial charge in [0.05, 0.1) is 11.6 Å². The lowest BCUT2D eigenvalue weighted by molar-refractivity contribution is 0.940. The molecule has 0 saturated heterocycles. The van der Waals surface area contributed by atoms with E-state index in [-0.39, 0.29) is 0 Å². The fraction of sp³-hybridized carbons (Fsp3) is 0.214. The maximum absolute atomic E-state index is 8.76. The Bertz CT molecular complexity index is 626. The first kappa shape index (κ1) is 12.8. The van der Waals surface area contributed by atoms with E-state index in [1.807, 2.05) is 26.0 Å². The summed E-state index contributed by atoms with van der Waals surface area (Å²) >= 11 is 0. The second-order valence-electron chi connectivity index (χ2n) is 4.17. The summed E-state index contributed by atoms with van der Waals surface area (Å²) in [4.78, 5) is 8.63. The number of benzene rings is 1. The van der Waals surface area contributed by atoms with E-state index in [2.05, 4.69) is 21.4 Å². The minimum atomic E-state index is 0.489. The lowest BCUT2D eigenvalue weighted by Gasteiger charge is -2.11. The number of hydrogen-bond donors (Lipinski definition) is 2. The predicted molar refractivity (Wildman–Crippen MR) is 75.0 cm³/mol. The van der Waals surface area contributed by atoms with Crippen LogP contribution in [0.4, 0.5) is 17.3 Å². The Labute approximate surface area is 112 Å². The number of nitriles is 1. The van der Waals surface area contributed by atoms with E-state index in [9.17, 15) is 0 Å². The van der Waals surface area contributed by atoms with Crippen LogP contribution in [-0.2, 0) is 6.42 Å². The Hall–Kier alpha value is -2.61. The summed E-state index contributed by atoms with van der Waals surface area (Å²) in [7, 11) is 0. The fourth-order valence-electron chi connectivity index (χ4n) is 1.63. The summed E-state index contributed by atoms with van der Waals surface area (Å²) in [5.74, 6) is 1.90. The first-order valence-electron chi connectivity index (χ1n) is 6.04. The average Bonchev–Trinajstić information content (AvgIpc) is 2.44. The number of nitrogen functional groups attached to an aromatic ring is 1. The third kappa shape index (κ3) is 2.80. The SMILES string of the molecule is CCc1nc(N)c(C)c(Nc2ccc(C#N)cc2)n1. The molecule has 0 aliphatic carbocycles. The smallest absolute Gasteiger partial charge is 0.139 e. The molecule has 0 unspecified atom stereocenters. The third-order valence-electron chi connectivity index (χ3n) is 2.82. The van der Waals surface area contributed by atoms with Crippen LogP contribution in [0.15, 0.2) is 24.3 Å². The van der Waals surface area contributed by atoms with Crippen molar-refractivity contribution in [2.45, 2.75) is 20.3 Å². The van der Waals surface area contributed by atoms with Crippen LogP contribution in [0.3, 0.4) is 0 Å². The van der Waals surface area contributed by atoms with Crippen molar-refractivity contribution in [3.63, 3.8) is 0 Å². The molecule has 0 bridgehead atoms. The van der Waals surface area contributed by atoms with E-state index in [4.69, 9.17) is 11.0 Å². The van der Waals surface area contributed by atoms with Crippen molar-refractivity contribution in [3.8, 4) is 6.07 Å². The number of aryl methyl sites for hydroxylation is 1. The number of nitrogens with zero attached hydrogens (tertiary/aromatic N) is 3. The monoisotopic (exact) mass is 253 g/mol. The molecule has 0 atom stereocenters. The van der Waals surface area contributed by atoms with Gasteiger partial charge in [0.25, 0.3) is 0 Å². The number of rotatable bonds is 3. The topological polar surface area (TPSA) is 87.6 Å². The zero-order valence-corrected chi connectivity index (χ0v) is 10.9. The van der Waals surface area contributed by atoms with Gasteiger partial charge in [-0.05, 0) is 31.2 Å². The Kier molecular flexibility index (Phi) is 3.62. The normalized spacial score (nSPS) is 9.95. The molecule has 1 aromatic heterocycles. The Morgan fingerprint density at radius 2 is 1.95 bits per heavy atom. The number of anilines is 3. The first-order chi connectivity index (χ1) is 9.13. The number of nitrogens with two attached hydrogens (primary N) is 1. The molecule has 0 fully saturated rings. The molecule has 0 amide bonds. The summed E-state index contributed by atoms with van der Waals surface area (Å²) in [6.45, 7) is 3.86. The minimum absolute atomic E-state index is 0.489. The van der Waals surface area contributed by atoms with Crippen LogP contribution in [0.2, 0.25) is 0 Å². The van der Waals surface area contributed by atoms with Crippen molar-refractivity contribution in [2.24, 2.45) is 0 Å². The summed E-state index contributed by atoms with van der Waals surface area (Å²) in [5, 5.41) is 12.0. The molecular weight excluding hydrogens is 238 g/mol. The minimum Gasteiger partial charge on any atom is -0.383 e. The van der Waals surface area contributed by atoms with Crippen LogP contribution in [-0.4, -0.2) is 9.97 Å². The highest BCUT2D eigenvalue weighted by molar-refractivity contribution is 5.64. The van der Waals surface area contributed by atoms with Gasteiger partial charge < -0.3 is 11.1 Å². The second kappa shape index (κ2) is 5.36. The number of aromatic nitrogens is 2. The van der Waals surface area contributed by atoms with E-state index < -0.39 is 0 Å². The summed E-state index contributed by atoms with van der Waals surface area (Å²) in [6, 6.07) is 9.26. The van der Waals surface area contributed by atoms with Crippen LogP contribution in [0.1, 0.15) is 23.9 Å². The Morgan fingerprint density at radius 3 is 2.53 bits per heavy atom. The van der Waals surface area contributed by atoms with E-state index in [1.54, 1.807) is 12.1 Å². The summed E-state index contributed by atoms with van der Waals surface area (Å²) in [6.07, 6.45) is 0.729. The van der Waals surface area contributed by atoms with Crippen molar-refractivity contribution >= 4 is 17.3 Å². The molecule has 1 aromatic carbocycles. The van der Waals surface area contributed by atoms with Gasteiger partial charge in [0.2, 0.25) is 0 Å². The van der Waals surface area contributed by atoms with E-state index in [1.165, 1.54) is 0 Å². The van der Waals surface area contributed by atoms with Gasteiger partial charge in [-0.1, -0.05) is 6.92 Å². The molecule has 2 aromatic rings.